The number of para-hydroxylation sites is 1. The van der Waals surface area contributed by atoms with E-state index in [1.807, 2.05) is 43.3 Å². The summed E-state index contributed by atoms with van der Waals surface area (Å²) < 4.78 is 33.5. The molecule has 0 bridgehead atoms. The number of amides is 1. The maximum Gasteiger partial charge on any atom is 0.231 e. The molecule has 5 rings (SSSR count). The van der Waals surface area contributed by atoms with Gasteiger partial charge in [0.15, 0.2) is 0 Å². The van der Waals surface area contributed by atoms with Crippen molar-refractivity contribution in [1.82, 2.24) is 9.97 Å². The Bertz CT molecular complexity index is 1550. The normalized spacial score (nSPS) is 11.0. The summed E-state index contributed by atoms with van der Waals surface area (Å²) in [6.07, 6.45) is -0.199. The first-order valence-electron chi connectivity index (χ1n) is 11.7. The van der Waals surface area contributed by atoms with Crippen molar-refractivity contribution in [2.45, 2.75) is 26.5 Å². The van der Waals surface area contributed by atoms with E-state index in [2.05, 4.69) is 9.97 Å². The number of carbonyl (C=O) groups is 1. The van der Waals surface area contributed by atoms with Gasteiger partial charge in [-0.15, -0.1) is 11.3 Å². The molecule has 37 heavy (non-hydrogen) atoms. The summed E-state index contributed by atoms with van der Waals surface area (Å²) in [5, 5.41) is 1.07. The van der Waals surface area contributed by atoms with Crippen LogP contribution >= 0.6 is 11.3 Å². The zero-order valence-corrected chi connectivity index (χ0v) is 20.8. The number of thiazole rings is 1. The number of hydrogen-bond acceptors (Lipinski definition) is 5. The quantitative estimate of drug-likeness (QED) is 0.233. The molecule has 0 radical (unpaired) electrons. The molecule has 0 saturated heterocycles. The lowest BCUT2D eigenvalue weighted by molar-refractivity contribution is -0.118. The van der Waals surface area contributed by atoms with E-state index in [1.165, 1.54) is 17.4 Å². The van der Waals surface area contributed by atoms with Crippen molar-refractivity contribution >= 4 is 33.8 Å². The van der Waals surface area contributed by atoms with Crippen molar-refractivity contribution in [3.05, 3.63) is 118 Å². The maximum absolute atomic E-state index is 14.2. The minimum absolute atomic E-state index is 0.139. The van der Waals surface area contributed by atoms with Gasteiger partial charge in [0.05, 0.1) is 35.4 Å². The van der Waals surface area contributed by atoms with Crippen LogP contribution in [0.2, 0.25) is 0 Å². The van der Waals surface area contributed by atoms with E-state index in [0.717, 1.165) is 39.3 Å². The predicted octanol–water partition coefficient (Wildman–Crippen LogP) is 6.63. The summed E-state index contributed by atoms with van der Waals surface area (Å²) in [4.78, 5) is 24.7. The van der Waals surface area contributed by atoms with Gasteiger partial charge >= 0.3 is 0 Å². The molecule has 5 aromatic rings. The Morgan fingerprint density at radius 3 is 2.57 bits per heavy atom. The third kappa shape index (κ3) is 5.81. The summed E-state index contributed by atoms with van der Waals surface area (Å²) >= 11 is 1.45. The Balaban J connectivity index is 1.33. The molecule has 5 nitrogen and oxygen atoms in total. The number of hydrogen-bond donors (Lipinski definition) is 0. The second-order valence-corrected chi connectivity index (χ2v) is 9.47. The first kappa shape index (κ1) is 24.5. The third-order valence-corrected chi connectivity index (χ3v) is 6.92. The first-order chi connectivity index (χ1) is 18.0. The minimum atomic E-state index is -0.742. The largest absolute Gasteiger partial charge is 0.487 e. The van der Waals surface area contributed by atoms with E-state index in [9.17, 15) is 13.6 Å². The van der Waals surface area contributed by atoms with Gasteiger partial charge in [0, 0.05) is 22.0 Å². The lowest BCUT2D eigenvalue weighted by Crippen LogP contribution is -2.32. The number of halogens is 2. The summed E-state index contributed by atoms with van der Waals surface area (Å²) in [5.41, 5.74) is 5.05. The van der Waals surface area contributed by atoms with Gasteiger partial charge < -0.3 is 9.64 Å². The molecule has 0 fully saturated rings. The van der Waals surface area contributed by atoms with Crippen LogP contribution in [0.15, 0.2) is 84.4 Å². The van der Waals surface area contributed by atoms with Crippen LogP contribution in [0, 0.1) is 18.6 Å². The van der Waals surface area contributed by atoms with Crippen LogP contribution in [-0.4, -0.2) is 15.9 Å². The van der Waals surface area contributed by atoms with Crippen LogP contribution in [0.3, 0.4) is 0 Å². The average molecular weight is 516 g/mol. The molecule has 186 valence electrons. The lowest BCUT2D eigenvalue weighted by Gasteiger charge is -2.23. The van der Waals surface area contributed by atoms with E-state index in [0.29, 0.717) is 24.6 Å². The van der Waals surface area contributed by atoms with E-state index < -0.39 is 11.6 Å². The van der Waals surface area contributed by atoms with Crippen LogP contribution in [0.5, 0.6) is 5.75 Å². The van der Waals surface area contributed by atoms with Crippen LogP contribution in [0.25, 0.3) is 10.9 Å². The number of pyridine rings is 1. The first-order valence-corrected chi connectivity index (χ1v) is 12.5. The number of aromatic nitrogens is 2. The molecule has 8 heteroatoms. The fraction of sp³-hybridized carbons (Fsp3) is 0.138. The van der Waals surface area contributed by atoms with Gasteiger partial charge in [0.25, 0.3) is 0 Å². The van der Waals surface area contributed by atoms with Crippen LogP contribution < -0.4 is 9.64 Å². The van der Waals surface area contributed by atoms with Gasteiger partial charge in [-0.05, 0) is 55.0 Å². The standard InChI is InChI=1S/C29H23F2N3O2S/c1-19-28(37-18-32-19)16-34(29(35)14-21-6-8-22(30)15-26(21)31)24-10-12-25(13-11-24)36-17-23-9-7-20-4-2-3-5-27(20)33-23/h2-13,15,18H,14,16-17H2,1H3. The summed E-state index contributed by atoms with van der Waals surface area (Å²) in [7, 11) is 0. The zero-order valence-electron chi connectivity index (χ0n) is 20.0. The van der Waals surface area contributed by atoms with Crippen LogP contribution in [-0.2, 0) is 24.4 Å². The number of rotatable bonds is 8. The maximum atomic E-state index is 14.2. The fourth-order valence-corrected chi connectivity index (χ4v) is 4.70. The van der Waals surface area contributed by atoms with Crippen molar-refractivity contribution in [2.24, 2.45) is 0 Å². The summed E-state index contributed by atoms with van der Waals surface area (Å²) in [6.45, 7) is 2.47. The minimum Gasteiger partial charge on any atom is -0.487 e. The smallest absolute Gasteiger partial charge is 0.231 e. The molecular weight excluding hydrogens is 492 g/mol. The third-order valence-electron chi connectivity index (χ3n) is 6.00. The van der Waals surface area contributed by atoms with Crippen LogP contribution in [0.1, 0.15) is 21.8 Å². The highest BCUT2D eigenvalue weighted by atomic mass is 32.1. The lowest BCUT2D eigenvalue weighted by atomic mass is 10.1. The van der Waals surface area contributed by atoms with Crippen molar-refractivity contribution < 1.29 is 18.3 Å². The number of benzene rings is 3. The Kier molecular flexibility index (Phi) is 7.18. The second kappa shape index (κ2) is 10.8. The molecule has 0 unspecified atom stereocenters. The molecule has 0 atom stereocenters. The predicted molar refractivity (Wildman–Crippen MR) is 141 cm³/mol. The molecule has 1 amide bonds. The van der Waals surface area contributed by atoms with Crippen molar-refractivity contribution in [3.63, 3.8) is 0 Å². The Labute approximate surface area is 217 Å². The molecule has 0 spiro atoms. The van der Waals surface area contributed by atoms with Crippen molar-refractivity contribution in [3.8, 4) is 5.75 Å². The molecule has 0 saturated carbocycles. The van der Waals surface area contributed by atoms with Gasteiger partial charge in [-0.2, -0.15) is 0 Å². The molecule has 0 N–H and O–H groups in total. The number of carbonyl (C=O) groups excluding carboxylic acids is 1. The van der Waals surface area contributed by atoms with E-state index in [4.69, 9.17) is 4.74 Å². The van der Waals surface area contributed by atoms with Gasteiger partial charge in [-0.3, -0.25) is 4.79 Å². The molecule has 3 aromatic carbocycles. The van der Waals surface area contributed by atoms with Crippen LogP contribution in [0.4, 0.5) is 14.5 Å². The fourth-order valence-electron chi connectivity index (χ4n) is 3.94. The highest BCUT2D eigenvalue weighted by Crippen LogP contribution is 2.26. The van der Waals surface area contributed by atoms with E-state index in [-0.39, 0.29) is 17.9 Å². The topological polar surface area (TPSA) is 55.3 Å². The number of anilines is 1. The van der Waals surface area contributed by atoms with Gasteiger partial charge in [-0.25, -0.2) is 18.7 Å². The van der Waals surface area contributed by atoms with Gasteiger partial charge in [0.2, 0.25) is 5.91 Å². The monoisotopic (exact) mass is 515 g/mol. The Morgan fingerprint density at radius 1 is 1.00 bits per heavy atom. The molecule has 2 heterocycles. The molecule has 0 aliphatic carbocycles. The van der Waals surface area contributed by atoms with Gasteiger partial charge in [-0.1, -0.05) is 30.3 Å². The number of aryl methyl sites for hydroxylation is 1. The zero-order chi connectivity index (χ0) is 25.8. The van der Waals surface area contributed by atoms with Crippen molar-refractivity contribution in [1.29, 1.82) is 0 Å². The highest BCUT2D eigenvalue weighted by molar-refractivity contribution is 7.09. The highest BCUT2D eigenvalue weighted by Gasteiger charge is 2.20. The second-order valence-electron chi connectivity index (χ2n) is 8.53. The van der Waals surface area contributed by atoms with E-state index >= 15 is 0 Å². The molecule has 2 aromatic heterocycles. The summed E-state index contributed by atoms with van der Waals surface area (Å²) in [5.74, 6) is -1.11. The Hall–Kier alpha value is -4.17. The number of ether oxygens (including phenoxy) is 1. The SMILES string of the molecule is Cc1ncsc1CN(C(=O)Cc1ccc(F)cc1F)c1ccc(OCc2ccc3ccccc3n2)cc1. The average Bonchev–Trinajstić information content (AvgIpc) is 3.32. The Morgan fingerprint density at radius 2 is 1.81 bits per heavy atom. The molecule has 0 aliphatic heterocycles. The summed E-state index contributed by atoms with van der Waals surface area (Å²) in [6, 6.07) is 22.2. The van der Waals surface area contributed by atoms with Crippen molar-refractivity contribution in [2.75, 3.05) is 4.90 Å². The number of nitrogens with zero attached hydrogens (tertiary/aromatic N) is 3. The molecule has 0 aliphatic rings. The van der Waals surface area contributed by atoms with E-state index in [1.54, 1.807) is 34.7 Å². The molecular formula is C29H23F2N3O2S. The number of fused-ring (bicyclic) bond motifs is 1. The van der Waals surface area contributed by atoms with Gasteiger partial charge in [0.1, 0.15) is 24.0 Å².